The van der Waals surface area contributed by atoms with E-state index in [1.54, 1.807) is 24.3 Å². The molecule has 1 amide bonds. The van der Waals surface area contributed by atoms with Gasteiger partial charge in [-0.15, -0.1) is 0 Å². The van der Waals surface area contributed by atoms with Crippen LogP contribution in [-0.4, -0.2) is 63.8 Å². The molecule has 0 aliphatic carbocycles. The van der Waals surface area contributed by atoms with E-state index in [9.17, 15) is 24.8 Å². The molecular formula is C26H29N3O6. The molecule has 0 spiro atoms. The Morgan fingerprint density at radius 2 is 1.94 bits per heavy atom. The molecule has 4 rings (SSSR count). The Morgan fingerprint density at radius 1 is 1.20 bits per heavy atom. The number of rotatable bonds is 8. The van der Waals surface area contributed by atoms with E-state index < -0.39 is 22.7 Å². The zero-order valence-electron chi connectivity index (χ0n) is 20.1. The highest BCUT2D eigenvalue weighted by molar-refractivity contribution is 6.46. The summed E-state index contributed by atoms with van der Waals surface area (Å²) in [6, 6.07) is 10.1. The number of hydrogen-bond acceptors (Lipinski definition) is 7. The van der Waals surface area contributed by atoms with Crippen molar-refractivity contribution in [1.82, 2.24) is 9.80 Å². The monoisotopic (exact) mass is 479 g/mol. The van der Waals surface area contributed by atoms with Crippen molar-refractivity contribution < 1.29 is 24.4 Å². The van der Waals surface area contributed by atoms with E-state index in [0.29, 0.717) is 24.1 Å². The van der Waals surface area contributed by atoms with Crippen LogP contribution < -0.4 is 4.74 Å². The van der Waals surface area contributed by atoms with E-state index in [2.05, 4.69) is 4.90 Å². The molecule has 2 aromatic carbocycles. The van der Waals surface area contributed by atoms with Crippen molar-refractivity contribution >= 4 is 23.1 Å². The molecule has 0 bridgehead atoms. The van der Waals surface area contributed by atoms with E-state index in [-0.39, 0.29) is 29.7 Å². The standard InChI is InChI=1S/C26H29N3O6/c1-4-27(5-2)11-12-28-23(17-7-6-8-20(15-17)29(33)34)22(25(31)26(28)32)24(30)18-9-10-21-19(14-18)13-16(3)35-21/h6-10,14-16,23,30H,4-5,11-13H2,1-3H3. The number of likely N-dealkylation sites (N-methyl/N-ethyl adjacent to an activating group) is 1. The molecule has 2 aliphatic rings. The Labute approximate surface area is 203 Å². The number of aliphatic hydroxyl groups excluding tert-OH is 1. The van der Waals surface area contributed by atoms with Crippen LogP contribution >= 0.6 is 0 Å². The number of carbonyl (C=O) groups is 2. The molecule has 2 atom stereocenters. The fourth-order valence-corrected chi connectivity index (χ4v) is 4.78. The molecule has 1 fully saturated rings. The maximum atomic E-state index is 13.2. The number of ketones is 1. The van der Waals surface area contributed by atoms with Gasteiger partial charge in [-0.2, -0.15) is 0 Å². The molecule has 1 N–H and O–H groups in total. The summed E-state index contributed by atoms with van der Waals surface area (Å²) in [6.07, 6.45) is 0.682. The van der Waals surface area contributed by atoms with Crippen molar-refractivity contribution in [3.05, 3.63) is 74.8 Å². The summed E-state index contributed by atoms with van der Waals surface area (Å²) >= 11 is 0. The van der Waals surface area contributed by atoms with Gasteiger partial charge >= 0.3 is 0 Å². The molecule has 2 aromatic rings. The Morgan fingerprint density at radius 3 is 2.63 bits per heavy atom. The van der Waals surface area contributed by atoms with Crippen LogP contribution in [0.2, 0.25) is 0 Å². The molecule has 0 saturated carbocycles. The van der Waals surface area contributed by atoms with Gasteiger partial charge in [-0.25, -0.2) is 0 Å². The Bertz CT molecular complexity index is 1200. The van der Waals surface area contributed by atoms with Crippen LogP contribution in [0.3, 0.4) is 0 Å². The number of nitro groups is 1. The van der Waals surface area contributed by atoms with Gasteiger partial charge in [0, 0.05) is 37.2 Å². The summed E-state index contributed by atoms with van der Waals surface area (Å²) in [5.74, 6) is -1.10. The molecule has 9 nitrogen and oxygen atoms in total. The number of nitrogens with zero attached hydrogens (tertiary/aromatic N) is 3. The van der Waals surface area contributed by atoms with E-state index in [0.717, 1.165) is 24.4 Å². The summed E-state index contributed by atoms with van der Waals surface area (Å²) in [5.41, 5.74) is 1.49. The summed E-state index contributed by atoms with van der Waals surface area (Å²) in [4.78, 5) is 40.8. The SMILES string of the molecule is CCN(CC)CCN1C(=O)C(=O)C(=C(O)c2ccc3c(c2)CC(C)O3)C1c1cccc([N+](=O)[O-])c1. The molecule has 2 unspecified atom stereocenters. The number of carbonyl (C=O) groups excluding carboxylic acids is 2. The topological polar surface area (TPSA) is 113 Å². The lowest BCUT2D eigenvalue weighted by Crippen LogP contribution is -2.38. The summed E-state index contributed by atoms with van der Waals surface area (Å²) in [7, 11) is 0. The molecule has 35 heavy (non-hydrogen) atoms. The van der Waals surface area contributed by atoms with E-state index in [1.807, 2.05) is 20.8 Å². The highest BCUT2D eigenvalue weighted by Gasteiger charge is 2.46. The number of fused-ring (bicyclic) bond motifs is 1. The van der Waals surface area contributed by atoms with Crippen LogP contribution in [0, 0.1) is 10.1 Å². The number of Topliss-reactive ketones (excluding diaryl/α,β-unsaturated/α-hetero) is 1. The minimum atomic E-state index is -0.936. The lowest BCUT2D eigenvalue weighted by atomic mass is 9.94. The zero-order chi connectivity index (χ0) is 25.3. The van der Waals surface area contributed by atoms with Gasteiger partial charge in [-0.3, -0.25) is 19.7 Å². The van der Waals surface area contributed by atoms with Gasteiger partial charge in [0.05, 0.1) is 16.5 Å². The van der Waals surface area contributed by atoms with Gasteiger partial charge in [0.1, 0.15) is 17.6 Å². The predicted molar refractivity (Wildman–Crippen MR) is 130 cm³/mol. The minimum Gasteiger partial charge on any atom is -0.507 e. The Hall–Kier alpha value is -3.72. The zero-order valence-corrected chi connectivity index (χ0v) is 20.1. The maximum absolute atomic E-state index is 13.2. The molecule has 2 heterocycles. The minimum absolute atomic E-state index is 0.0120. The Kier molecular flexibility index (Phi) is 6.88. The van der Waals surface area contributed by atoms with Crippen molar-refractivity contribution in [3.8, 4) is 5.75 Å². The smallest absolute Gasteiger partial charge is 0.295 e. The largest absolute Gasteiger partial charge is 0.507 e. The molecule has 1 saturated heterocycles. The van der Waals surface area contributed by atoms with Gasteiger partial charge in [-0.05, 0) is 49.3 Å². The van der Waals surface area contributed by atoms with Crippen LogP contribution in [0.4, 0.5) is 5.69 Å². The third-order valence-corrected chi connectivity index (χ3v) is 6.66. The summed E-state index contributed by atoms with van der Waals surface area (Å²) < 4.78 is 5.73. The van der Waals surface area contributed by atoms with Gasteiger partial charge in [-0.1, -0.05) is 26.0 Å². The lowest BCUT2D eigenvalue weighted by molar-refractivity contribution is -0.384. The molecular weight excluding hydrogens is 450 g/mol. The molecule has 2 aliphatic heterocycles. The van der Waals surface area contributed by atoms with Crippen molar-refractivity contribution in [3.63, 3.8) is 0 Å². The van der Waals surface area contributed by atoms with Crippen molar-refractivity contribution in [2.45, 2.75) is 39.3 Å². The molecule has 184 valence electrons. The van der Waals surface area contributed by atoms with Gasteiger partial charge < -0.3 is 19.6 Å². The number of hydrogen-bond donors (Lipinski definition) is 1. The van der Waals surface area contributed by atoms with Crippen molar-refractivity contribution in [2.75, 3.05) is 26.2 Å². The third kappa shape index (κ3) is 4.64. The first-order chi connectivity index (χ1) is 16.7. The third-order valence-electron chi connectivity index (χ3n) is 6.66. The second-order valence-corrected chi connectivity index (χ2v) is 8.83. The highest BCUT2D eigenvalue weighted by atomic mass is 16.6. The Balaban J connectivity index is 1.82. The van der Waals surface area contributed by atoms with Crippen LogP contribution in [0.15, 0.2) is 48.0 Å². The van der Waals surface area contributed by atoms with E-state index in [4.69, 9.17) is 4.74 Å². The average molecular weight is 480 g/mol. The number of likely N-dealkylation sites (tertiary alicyclic amines) is 1. The number of non-ortho nitro benzene ring substituents is 1. The fraction of sp³-hybridized carbons (Fsp3) is 0.385. The predicted octanol–water partition coefficient (Wildman–Crippen LogP) is 3.68. The highest BCUT2D eigenvalue weighted by Crippen LogP contribution is 2.41. The average Bonchev–Trinajstić information content (AvgIpc) is 3.35. The first-order valence-electron chi connectivity index (χ1n) is 11.8. The number of amides is 1. The molecule has 0 aromatic heterocycles. The summed E-state index contributed by atoms with van der Waals surface area (Å²) in [6.45, 7) is 8.28. The quantitative estimate of drug-likeness (QED) is 0.202. The summed E-state index contributed by atoms with van der Waals surface area (Å²) in [5, 5.41) is 22.7. The molecule has 0 radical (unpaired) electrons. The fourth-order valence-electron chi connectivity index (χ4n) is 4.78. The maximum Gasteiger partial charge on any atom is 0.295 e. The first kappa shape index (κ1) is 24.4. The van der Waals surface area contributed by atoms with Crippen molar-refractivity contribution in [2.24, 2.45) is 0 Å². The van der Waals surface area contributed by atoms with Crippen molar-refractivity contribution in [1.29, 1.82) is 0 Å². The normalized spacial score (nSPS) is 20.9. The molecule has 9 heteroatoms. The van der Waals surface area contributed by atoms with E-state index in [1.165, 1.54) is 23.1 Å². The number of benzene rings is 2. The second kappa shape index (κ2) is 9.87. The van der Waals surface area contributed by atoms with Crippen LogP contribution in [0.1, 0.15) is 43.5 Å². The van der Waals surface area contributed by atoms with Gasteiger partial charge in [0.25, 0.3) is 17.4 Å². The first-order valence-corrected chi connectivity index (χ1v) is 11.8. The van der Waals surface area contributed by atoms with Gasteiger partial charge in [0.2, 0.25) is 0 Å². The van der Waals surface area contributed by atoms with Crippen LogP contribution in [-0.2, 0) is 16.0 Å². The number of ether oxygens (including phenoxy) is 1. The van der Waals surface area contributed by atoms with Crippen LogP contribution in [0.5, 0.6) is 5.75 Å². The number of aliphatic hydroxyl groups is 1. The number of nitro benzene ring substituents is 1. The van der Waals surface area contributed by atoms with Crippen LogP contribution in [0.25, 0.3) is 5.76 Å². The second-order valence-electron chi connectivity index (χ2n) is 8.83. The van der Waals surface area contributed by atoms with Gasteiger partial charge in [0.15, 0.2) is 0 Å². The lowest BCUT2D eigenvalue weighted by Gasteiger charge is -2.28. The van der Waals surface area contributed by atoms with E-state index >= 15 is 0 Å².